The van der Waals surface area contributed by atoms with Crippen molar-refractivity contribution in [2.24, 2.45) is 0 Å². The van der Waals surface area contributed by atoms with Gasteiger partial charge in [0.25, 0.3) is 0 Å². The molecule has 9 heteroatoms. The molecule has 1 aromatic heterocycles. The van der Waals surface area contributed by atoms with Crippen molar-refractivity contribution >= 4 is 21.9 Å². The number of ether oxygens (including phenoxy) is 1. The summed E-state index contributed by atoms with van der Waals surface area (Å²) in [5.41, 5.74) is 0.719. The highest BCUT2D eigenvalue weighted by Crippen LogP contribution is 2.24. The number of aryl methyl sites for hydroxylation is 2. The van der Waals surface area contributed by atoms with Crippen LogP contribution in [0.25, 0.3) is 0 Å². The van der Waals surface area contributed by atoms with Gasteiger partial charge in [-0.05, 0) is 33.6 Å². The molecule has 1 aliphatic carbocycles. The van der Waals surface area contributed by atoms with Gasteiger partial charge in [-0.2, -0.15) is 0 Å². The van der Waals surface area contributed by atoms with Crippen molar-refractivity contribution in [1.29, 1.82) is 0 Å². The minimum Gasteiger partial charge on any atom is -0.462 e. The third-order valence-corrected chi connectivity index (χ3v) is 6.53. The number of H-pyrrole nitrogens is 1. The molecule has 1 aliphatic rings. The van der Waals surface area contributed by atoms with E-state index in [0.29, 0.717) is 11.4 Å². The first-order chi connectivity index (χ1) is 13.3. The highest BCUT2D eigenvalue weighted by atomic mass is 32.2. The van der Waals surface area contributed by atoms with Crippen molar-refractivity contribution in [1.82, 2.24) is 15.0 Å². The predicted molar refractivity (Wildman–Crippen MR) is 106 cm³/mol. The monoisotopic (exact) mass is 413 g/mol. The van der Waals surface area contributed by atoms with Crippen molar-refractivity contribution in [3.63, 3.8) is 0 Å². The van der Waals surface area contributed by atoms with E-state index in [9.17, 15) is 18.0 Å². The van der Waals surface area contributed by atoms with Gasteiger partial charge in [0.2, 0.25) is 15.9 Å². The number of amides is 1. The minimum absolute atomic E-state index is 0.0210. The van der Waals surface area contributed by atoms with Gasteiger partial charge in [0.05, 0.1) is 13.2 Å². The lowest BCUT2D eigenvalue weighted by atomic mass is 9.97. The van der Waals surface area contributed by atoms with E-state index in [1.54, 1.807) is 20.8 Å². The molecule has 28 heavy (non-hydrogen) atoms. The van der Waals surface area contributed by atoms with Crippen molar-refractivity contribution in [2.75, 3.05) is 13.2 Å². The van der Waals surface area contributed by atoms with Crippen molar-refractivity contribution in [2.45, 2.75) is 76.7 Å². The average molecular weight is 414 g/mol. The molecule has 0 unspecified atom stereocenters. The van der Waals surface area contributed by atoms with Gasteiger partial charge in [-0.25, -0.2) is 17.9 Å². The summed E-state index contributed by atoms with van der Waals surface area (Å²) in [6.45, 7) is 4.60. The summed E-state index contributed by atoms with van der Waals surface area (Å²) in [6, 6.07) is 0.0867. The van der Waals surface area contributed by atoms with E-state index in [1.165, 1.54) is 19.3 Å². The summed E-state index contributed by atoms with van der Waals surface area (Å²) in [4.78, 5) is 27.2. The fourth-order valence-electron chi connectivity index (χ4n) is 3.66. The van der Waals surface area contributed by atoms with E-state index in [0.717, 1.165) is 25.7 Å². The zero-order valence-corrected chi connectivity index (χ0v) is 17.7. The molecule has 0 aromatic carbocycles. The van der Waals surface area contributed by atoms with Gasteiger partial charge in [0.15, 0.2) is 0 Å². The number of aromatic nitrogens is 1. The van der Waals surface area contributed by atoms with Crippen LogP contribution in [-0.2, 0) is 19.6 Å². The molecule has 0 atom stereocenters. The molecule has 158 valence electrons. The van der Waals surface area contributed by atoms with Crippen LogP contribution in [0.5, 0.6) is 0 Å². The van der Waals surface area contributed by atoms with Crippen LogP contribution in [-0.4, -0.2) is 44.5 Å². The Kier molecular flexibility index (Phi) is 8.06. The van der Waals surface area contributed by atoms with Crippen molar-refractivity contribution < 1.29 is 22.7 Å². The molecule has 1 amide bonds. The minimum atomic E-state index is -4.06. The van der Waals surface area contributed by atoms with Gasteiger partial charge in [-0.1, -0.05) is 32.1 Å². The summed E-state index contributed by atoms with van der Waals surface area (Å²) in [6.07, 6.45) is 7.55. The maximum Gasteiger partial charge on any atom is 0.341 e. The van der Waals surface area contributed by atoms with Crippen LogP contribution in [0, 0.1) is 13.8 Å². The smallest absolute Gasteiger partial charge is 0.341 e. The Morgan fingerprint density at radius 3 is 2.29 bits per heavy atom. The van der Waals surface area contributed by atoms with Crippen LogP contribution in [0.2, 0.25) is 0 Å². The predicted octanol–water partition coefficient (Wildman–Crippen LogP) is 2.32. The average Bonchev–Trinajstić information content (AvgIpc) is 2.90. The molecule has 2 rings (SSSR count). The zero-order chi connectivity index (χ0) is 20.7. The maximum atomic E-state index is 12.8. The van der Waals surface area contributed by atoms with Gasteiger partial charge >= 0.3 is 5.97 Å². The largest absolute Gasteiger partial charge is 0.462 e. The van der Waals surface area contributed by atoms with E-state index in [1.807, 2.05) is 0 Å². The molecule has 0 radical (unpaired) electrons. The number of hydrogen-bond donors (Lipinski definition) is 3. The van der Waals surface area contributed by atoms with Gasteiger partial charge in [-0.15, -0.1) is 0 Å². The molecule has 1 heterocycles. The first-order valence-electron chi connectivity index (χ1n) is 9.91. The normalized spacial score (nSPS) is 16.2. The summed E-state index contributed by atoms with van der Waals surface area (Å²) < 4.78 is 32.8. The SMILES string of the molecule is CCOC(=O)c1c(C)[nH]c(C)c1S(=O)(=O)NCC(=O)NC1CCCCCCC1. The fourth-order valence-corrected chi connectivity index (χ4v) is 5.08. The van der Waals surface area contributed by atoms with Crippen LogP contribution in [0.1, 0.15) is 73.6 Å². The highest BCUT2D eigenvalue weighted by Gasteiger charge is 2.30. The van der Waals surface area contributed by atoms with E-state index < -0.39 is 16.0 Å². The molecule has 1 aromatic rings. The van der Waals surface area contributed by atoms with Crippen LogP contribution >= 0.6 is 0 Å². The zero-order valence-electron chi connectivity index (χ0n) is 16.9. The number of aromatic amines is 1. The molecule has 0 aliphatic heterocycles. The molecule has 8 nitrogen and oxygen atoms in total. The third-order valence-electron chi connectivity index (χ3n) is 4.96. The molecular weight excluding hydrogens is 382 g/mol. The van der Waals surface area contributed by atoms with E-state index >= 15 is 0 Å². The van der Waals surface area contributed by atoms with Crippen LogP contribution in [0.15, 0.2) is 4.90 Å². The molecule has 0 saturated heterocycles. The van der Waals surface area contributed by atoms with Crippen LogP contribution in [0.4, 0.5) is 0 Å². The number of sulfonamides is 1. The van der Waals surface area contributed by atoms with E-state index in [4.69, 9.17) is 4.74 Å². The maximum absolute atomic E-state index is 12.8. The van der Waals surface area contributed by atoms with Gasteiger partial charge in [-0.3, -0.25) is 4.79 Å². The second kappa shape index (κ2) is 10.1. The van der Waals surface area contributed by atoms with Crippen LogP contribution in [0.3, 0.4) is 0 Å². The van der Waals surface area contributed by atoms with E-state index in [-0.39, 0.29) is 35.6 Å². The summed E-state index contributed by atoms with van der Waals surface area (Å²) in [7, 11) is -4.06. The van der Waals surface area contributed by atoms with E-state index in [2.05, 4.69) is 15.0 Å². The van der Waals surface area contributed by atoms with Gasteiger partial charge in [0.1, 0.15) is 10.5 Å². The molecule has 0 spiro atoms. The summed E-state index contributed by atoms with van der Waals surface area (Å²) >= 11 is 0. The highest BCUT2D eigenvalue weighted by molar-refractivity contribution is 7.89. The number of esters is 1. The molecule has 0 bridgehead atoms. The lowest BCUT2D eigenvalue weighted by Gasteiger charge is -2.21. The molecule has 3 N–H and O–H groups in total. The Labute approximate surface area is 166 Å². The first kappa shape index (κ1) is 22.4. The number of carbonyl (C=O) groups excluding carboxylic acids is 2. The Morgan fingerprint density at radius 1 is 1.07 bits per heavy atom. The summed E-state index contributed by atoms with van der Waals surface area (Å²) in [5.74, 6) is -1.07. The standard InChI is InChI=1S/C19H31N3O5S/c1-4-27-19(24)17-13(2)21-14(3)18(17)28(25,26)20-12-16(23)22-15-10-8-6-5-7-9-11-15/h15,20-21H,4-12H2,1-3H3,(H,22,23). The Balaban J connectivity index is 2.05. The molecular formula is C19H31N3O5S. The number of carbonyl (C=O) groups is 2. The fraction of sp³-hybridized carbons (Fsp3) is 0.684. The summed E-state index contributed by atoms with van der Waals surface area (Å²) in [5, 5.41) is 2.92. The Morgan fingerprint density at radius 2 is 1.68 bits per heavy atom. The van der Waals surface area contributed by atoms with Crippen molar-refractivity contribution in [3.05, 3.63) is 17.0 Å². The Hall–Kier alpha value is -1.87. The van der Waals surface area contributed by atoms with Crippen molar-refractivity contribution in [3.8, 4) is 0 Å². The third kappa shape index (κ3) is 5.81. The van der Waals surface area contributed by atoms with Crippen LogP contribution < -0.4 is 10.0 Å². The first-order valence-corrected chi connectivity index (χ1v) is 11.4. The lowest BCUT2D eigenvalue weighted by molar-refractivity contribution is -0.120. The second-order valence-electron chi connectivity index (χ2n) is 7.23. The van der Waals surface area contributed by atoms with Gasteiger partial charge < -0.3 is 15.0 Å². The Bertz CT molecular complexity index is 793. The topological polar surface area (TPSA) is 117 Å². The molecule has 1 fully saturated rings. The molecule has 1 saturated carbocycles. The van der Waals surface area contributed by atoms with Gasteiger partial charge in [0, 0.05) is 17.4 Å². The number of hydrogen-bond acceptors (Lipinski definition) is 5. The second-order valence-corrected chi connectivity index (χ2v) is 8.94. The lowest BCUT2D eigenvalue weighted by Crippen LogP contribution is -2.42. The number of rotatable bonds is 7. The quantitative estimate of drug-likeness (QED) is 0.593. The number of nitrogens with one attached hydrogen (secondary N) is 3.